The summed E-state index contributed by atoms with van der Waals surface area (Å²) in [7, 11) is -3.84. The number of hydrogen-bond donors (Lipinski definition) is 2. The van der Waals surface area contributed by atoms with E-state index in [-0.39, 0.29) is 28.6 Å². The molecule has 0 unspecified atom stereocenters. The van der Waals surface area contributed by atoms with E-state index >= 15 is 0 Å². The van der Waals surface area contributed by atoms with E-state index in [1.807, 2.05) is 6.07 Å². The van der Waals surface area contributed by atoms with Crippen LogP contribution in [-0.2, 0) is 10.0 Å². The highest BCUT2D eigenvalue weighted by Gasteiger charge is 2.18. The first-order chi connectivity index (χ1) is 10.9. The van der Waals surface area contributed by atoms with Gasteiger partial charge in [0.05, 0.1) is 15.5 Å². The fourth-order valence-corrected chi connectivity index (χ4v) is 3.02. The number of hydrogen-bond acceptors (Lipinski definition) is 4. The minimum atomic E-state index is -3.84. The maximum atomic E-state index is 12.1. The van der Waals surface area contributed by atoms with Crippen LogP contribution in [0.3, 0.4) is 0 Å². The van der Waals surface area contributed by atoms with Gasteiger partial charge < -0.3 is 9.84 Å². The Morgan fingerprint density at radius 2 is 1.87 bits per heavy atom. The molecule has 0 aliphatic rings. The molecule has 0 amide bonds. The summed E-state index contributed by atoms with van der Waals surface area (Å²) < 4.78 is 32.0. The molecule has 0 radical (unpaired) electrons. The molecule has 23 heavy (non-hydrogen) atoms. The second kappa shape index (κ2) is 7.45. The zero-order valence-corrected chi connectivity index (χ0v) is 13.5. The molecule has 2 aromatic carbocycles. The van der Waals surface area contributed by atoms with E-state index in [0.29, 0.717) is 5.75 Å². The molecule has 122 valence electrons. The van der Waals surface area contributed by atoms with Crippen LogP contribution in [-0.4, -0.2) is 32.6 Å². The van der Waals surface area contributed by atoms with Gasteiger partial charge in [-0.15, -0.1) is 0 Å². The van der Waals surface area contributed by atoms with Gasteiger partial charge in [0.15, 0.2) is 0 Å². The fourth-order valence-electron chi connectivity index (χ4n) is 1.78. The molecule has 2 aromatic rings. The first kappa shape index (κ1) is 17.3. The van der Waals surface area contributed by atoms with Crippen molar-refractivity contribution in [1.82, 2.24) is 4.72 Å². The summed E-state index contributed by atoms with van der Waals surface area (Å²) in [5.41, 5.74) is -0.268. The van der Waals surface area contributed by atoms with Crippen molar-refractivity contribution in [3.05, 3.63) is 59.1 Å². The molecule has 0 atom stereocenters. The van der Waals surface area contributed by atoms with Crippen LogP contribution in [0, 0.1) is 0 Å². The predicted molar refractivity (Wildman–Crippen MR) is 85.5 cm³/mol. The van der Waals surface area contributed by atoms with E-state index in [0.717, 1.165) is 6.07 Å². The van der Waals surface area contributed by atoms with Crippen LogP contribution < -0.4 is 9.46 Å². The van der Waals surface area contributed by atoms with Crippen molar-refractivity contribution in [1.29, 1.82) is 0 Å². The fraction of sp³-hybridized carbons (Fsp3) is 0.133. The number of para-hydroxylation sites is 1. The highest BCUT2D eigenvalue weighted by atomic mass is 35.5. The van der Waals surface area contributed by atoms with Crippen molar-refractivity contribution < 1.29 is 23.1 Å². The van der Waals surface area contributed by atoms with Crippen molar-refractivity contribution in [3.63, 3.8) is 0 Å². The first-order valence-electron chi connectivity index (χ1n) is 6.60. The number of aromatic carboxylic acids is 1. The number of carboxylic acid groups (broad SMARTS) is 1. The number of benzene rings is 2. The Morgan fingerprint density at radius 1 is 1.17 bits per heavy atom. The lowest BCUT2D eigenvalue weighted by Gasteiger charge is -2.09. The van der Waals surface area contributed by atoms with E-state index < -0.39 is 16.0 Å². The summed E-state index contributed by atoms with van der Waals surface area (Å²) in [6.07, 6.45) is 0. The van der Waals surface area contributed by atoms with Gasteiger partial charge in [-0.3, -0.25) is 0 Å². The molecule has 0 aliphatic heterocycles. The summed E-state index contributed by atoms with van der Waals surface area (Å²) in [4.78, 5) is 10.8. The Morgan fingerprint density at radius 3 is 2.52 bits per heavy atom. The summed E-state index contributed by atoms with van der Waals surface area (Å²) in [6, 6.07) is 12.5. The summed E-state index contributed by atoms with van der Waals surface area (Å²) in [5.74, 6) is -0.661. The largest absolute Gasteiger partial charge is 0.492 e. The van der Waals surface area contributed by atoms with Gasteiger partial charge in [-0.1, -0.05) is 29.8 Å². The van der Waals surface area contributed by atoms with E-state index in [1.165, 1.54) is 12.1 Å². The molecular weight excluding hydrogens is 342 g/mol. The topological polar surface area (TPSA) is 92.7 Å². The summed E-state index contributed by atoms with van der Waals surface area (Å²) in [6.45, 7) is 0.185. The average molecular weight is 356 g/mol. The van der Waals surface area contributed by atoms with E-state index in [1.54, 1.807) is 24.3 Å². The molecule has 0 bridgehead atoms. The second-order valence-electron chi connectivity index (χ2n) is 4.51. The van der Waals surface area contributed by atoms with Crippen LogP contribution in [0.4, 0.5) is 0 Å². The minimum Gasteiger partial charge on any atom is -0.492 e. The van der Waals surface area contributed by atoms with Gasteiger partial charge in [-0.2, -0.15) is 0 Å². The molecular formula is C15H14ClNO5S. The minimum absolute atomic E-state index is 0.0242. The Hall–Kier alpha value is -2.09. The SMILES string of the molecule is O=C(O)c1cc(S(=O)(=O)NCCOc2ccccc2)ccc1Cl. The lowest BCUT2D eigenvalue weighted by atomic mass is 10.2. The molecule has 0 fully saturated rings. The zero-order chi connectivity index (χ0) is 16.9. The predicted octanol–water partition coefficient (Wildman–Crippen LogP) is 2.40. The monoisotopic (exact) mass is 355 g/mol. The molecule has 0 heterocycles. The molecule has 6 nitrogen and oxygen atoms in total. The standard InChI is InChI=1S/C15H14ClNO5S/c16-14-7-6-12(10-13(14)15(18)19)23(20,21)17-8-9-22-11-4-2-1-3-5-11/h1-7,10,17H,8-9H2,(H,18,19). The van der Waals surface area contributed by atoms with Crippen molar-refractivity contribution in [2.75, 3.05) is 13.2 Å². The van der Waals surface area contributed by atoms with Gasteiger partial charge in [0.25, 0.3) is 0 Å². The van der Waals surface area contributed by atoms with Crippen LogP contribution in [0.1, 0.15) is 10.4 Å². The molecule has 0 spiro atoms. The maximum absolute atomic E-state index is 12.1. The third-order valence-corrected chi connectivity index (χ3v) is 4.67. The third-order valence-electron chi connectivity index (χ3n) is 2.88. The molecule has 0 aliphatic carbocycles. The van der Waals surface area contributed by atoms with Crippen LogP contribution in [0.2, 0.25) is 5.02 Å². The van der Waals surface area contributed by atoms with Crippen LogP contribution in [0.5, 0.6) is 5.75 Å². The van der Waals surface area contributed by atoms with Gasteiger partial charge >= 0.3 is 5.97 Å². The summed E-state index contributed by atoms with van der Waals surface area (Å²) in [5, 5.41) is 8.95. The van der Waals surface area contributed by atoms with Gasteiger partial charge in [0, 0.05) is 6.54 Å². The molecule has 8 heteroatoms. The van der Waals surface area contributed by atoms with Crippen molar-refractivity contribution >= 4 is 27.6 Å². The quantitative estimate of drug-likeness (QED) is 0.744. The van der Waals surface area contributed by atoms with Gasteiger partial charge in [0.1, 0.15) is 12.4 Å². The number of carboxylic acids is 1. The van der Waals surface area contributed by atoms with Gasteiger partial charge in [-0.05, 0) is 30.3 Å². The Bertz CT molecular complexity index is 793. The van der Waals surface area contributed by atoms with E-state index in [9.17, 15) is 13.2 Å². The number of sulfonamides is 1. The Balaban J connectivity index is 1.99. The Labute approximate surface area is 138 Å². The van der Waals surface area contributed by atoms with Crippen molar-refractivity contribution in [2.45, 2.75) is 4.90 Å². The maximum Gasteiger partial charge on any atom is 0.337 e. The first-order valence-corrected chi connectivity index (χ1v) is 8.46. The van der Waals surface area contributed by atoms with E-state index in [2.05, 4.69) is 4.72 Å². The van der Waals surface area contributed by atoms with Crippen LogP contribution >= 0.6 is 11.6 Å². The zero-order valence-electron chi connectivity index (χ0n) is 11.9. The molecule has 2 N–H and O–H groups in total. The smallest absolute Gasteiger partial charge is 0.337 e. The van der Waals surface area contributed by atoms with Crippen LogP contribution in [0.25, 0.3) is 0 Å². The van der Waals surface area contributed by atoms with Gasteiger partial charge in [-0.25, -0.2) is 17.9 Å². The van der Waals surface area contributed by atoms with Gasteiger partial charge in [0.2, 0.25) is 10.0 Å². The Kier molecular flexibility index (Phi) is 5.59. The number of ether oxygens (including phenoxy) is 1. The number of rotatable bonds is 7. The molecule has 2 rings (SSSR count). The normalized spacial score (nSPS) is 11.2. The average Bonchev–Trinajstić information content (AvgIpc) is 2.52. The van der Waals surface area contributed by atoms with Crippen LogP contribution in [0.15, 0.2) is 53.4 Å². The van der Waals surface area contributed by atoms with Crippen molar-refractivity contribution in [2.24, 2.45) is 0 Å². The second-order valence-corrected chi connectivity index (χ2v) is 6.68. The van der Waals surface area contributed by atoms with Crippen molar-refractivity contribution in [3.8, 4) is 5.75 Å². The molecule has 0 saturated heterocycles. The third kappa shape index (κ3) is 4.69. The highest BCUT2D eigenvalue weighted by molar-refractivity contribution is 7.89. The number of nitrogens with one attached hydrogen (secondary N) is 1. The number of carbonyl (C=O) groups is 1. The lowest BCUT2D eigenvalue weighted by molar-refractivity contribution is 0.0697. The molecule has 0 saturated carbocycles. The summed E-state index contributed by atoms with van der Waals surface area (Å²) >= 11 is 5.72. The van der Waals surface area contributed by atoms with E-state index in [4.69, 9.17) is 21.4 Å². The molecule has 0 aromatic heterocycles. The highest BCUT2D eigenvalue weighted by Crippen LogP contribution is 2.20. The number of halogens is 1. The lowest BCUT2D eigenvalue weighted by Crippen LogP contribution is -2.28.